The van der Waals surface area contributed by atoms with Crippen molar-refractivity contribution in [1.29, 1.82) is 0 Å². The third kappa shape index (κ3) is 7.20. The van der Waals surface area contributed by atoms with Crippen LogP contribution < -0.4 is 16.4 Å². The molecule has 3 nitrogen and oxygen atoms in total. The highest BCUT2D eigenvalue weighted by molar-refractivity contribution is 7.00. The van der Waals surface area contributed by atoms with Gasteiger partial charge in [-0.3, -0.25) is 0 Å². The van der Waals surface area contributed by atoms with Gasteiger partial charge in [-0.2, -0.15) is 0 Å². The SMILES string of the molecule is c1ccc(-c2cc(-c3ccccc3)cc(-c3cccc(-c4cc5c6c(c4)-n4c7ccc(-c8ccccc8)cc7c7cc(-c8ccccc8)cc(c74)B6c4cc(-c6ccccc6)cc6c7cc(-c8ccccc8)ccc7n-5c46)n3)c2)cc1. The minimum atomic E-state index is -0.103. The summed E-state index contributed by atoms with van der Waals surface area (Å²) in [5.74, 6) is 0. The van der Waals surface area contributed by atoms with Crippen LogP contribution in [0.3, 0.4) is 0 Å². The molecule has 3 aromatic heterocycles. The van der Waals surface area contributed by atoms with Gasteiger partial charge in [0.05, 0.1) is 22.4 Å². The van der Waals surface area contributed by atoms with Crippen LogP contribution in [0.5, 0.6) is 0 Å². The van der Waals surface area contributed by atoms with Crippen molar-refractivity contribution in [2.24, 2.45) is 0 Å². The van der Waals surface area contributed by atoms with Crippen molar-refractivity contribution in [1.82, 2.24) is 14.1 Å². The molecule has 12 aromatic carbocycles. The summed E-state index contributed by atoms with van der Waals surface area (Å²) in [5.41, 5.74) is 29.4. The largest absolute Gasteiger partial charge is 0.310 e. The number of fused-ring (bicyclic) bond motifs is 10. The van der Waals surface area contributed by atoms with Gasteiger partial charge >= 0.3 is 0 Å². The Morgan fingerprint density at radius 3 is 0.938 bits per heavy atom. The van der Waals surface area contributed by atoms with Crippen LogP contribution in [0.25, 0.3) is 144 Å². The van der Waals surface area contributed by atoms with E-state index < -0.39 is 0 Å². The topological polar surface area (TPSA) is 22.8 Å². The van der Waals surface area contributed by atoms with Crippen LogP contribution in [-0.4, -0.2) is 20.8 Å². The molecule has 5 heterocycles. The van der Waals surface area contributed by atoms with Gasteiger partial charge < -0.3 is 9.13 Å². The van der Waals surface area contributed by atoms with E-state index in [-0.39, 0.29) is 6.71 Å². The van der Waals surface area contributed by atoms with E-state index in [0.717, 1.165) is 33.6 Å². The number of aromatic nitrogens is 3. The van der Waals surface area contributed by atoms with Gasteiger partial charge in [-0.1, -0.05) is 212 Å². The monoisotopic (exact) mass is 1030 g/mol. The molecule has 0 saturated carbocycles. The molecule has 374 valence electrons. The van der Waals surface area contributed by atoms with Gasteiger partial charge in [0.25, 0.3) is 6.71 Å². The Kier molecular flexibility index (Phi) is 10.1. The average molecular weight is 1030 g/mol. The van der Waals surface area contributed by atoms with E-state index in [1.54, 1.807) is 0 Å². The van der Waals surface area contributed by atoms with Gasteiger partial charge in [0.1, 0.15) is 0 Å². The maximum Gasteiger partial charge on any atom is 0.252 e. The predicted octanol–water partition coefficient (Wildman–Crippen LogP) is 17.8. The molecule has 0 atom stereocenters. The first kappa shape index (κ1) is 45.5. The molecule has 2 aliphatic rings. The standard InChI is InChI=1S/C77H48BN3/c1-7-20-49(21-8-1)55-34-36-71-63(41-55)65-43-59(53-28-15-5-16-29-53)45-67-76(65)80(71)73-47-62(70-33-19-32-69(79-70)61-39-57(51-24-11-3-12-25-51)38-58(40-61)52-26-13-4-14-27-52)48-74-75(73)78(67)68-46-60(54-30-17-6-18-31-54)44-66-64-42-56(50-22-9-2-10-23-50)35-37-72(64)81(74)77(66)68/h1-48H. The second-order valence-electron chi connectivity index (χ2n) is 21.8. The van der Waals surface area contributed by atoms with E-state index >= 15 is 0 Å². The maximum atomic E-state index is 5.69. The second kappa shape index (κ2) is 18.0. The van der Waals surface area contributed by atoms with Gasteiger partial charge in [0, 0.05) is 55.1 Å². The van der Waals surface area contributed by atoms with E-state index in [0.29, 0.717) is 0 Å². The van der Waals surface area contributed by atoms with Crippen molar-refractivity contribution in [3.05, 3.63) is 291 Å². The molecule has 0 spiro atoms. The van der Waals surface area contributed by atoms with Gasteiger partial charge in [0.15, 0.2) is 0 Å². The minimum Gasteiger partial charge on any atom is -0.310 e. The summed E-state index contributed by atoms with van der Waals surface area (Å²) in [5, 5.41) is 4.96. The Morgan fingerprint density at radius 1 is 0.235 bits per heavy atom. The van der Waals surface area contributed by atoms with Crippen LogP contribution in [0.1, 0.15) is 0 Å². The van der Waals surface area contributed by atoms with Crippen LogP contribution in [0.4, 0.5) is 0 Å². The molecular formula is C77H48BN3. The number of pyridine rings is 1. The quantitative estimate of drug-likeness (QED) is 0.139. The van der Waals surface area contributed by atoms with Crippen LogP contribution in [-0.2, 0) is 0 Å². The van der Waals surface area contributed by atoms with E-state index in [9.17, 15) is 0 Å². The van der Waals surface area contributed by atoms with Crippen LogP contribution >= 0.6 is 0 Å². The van der Waals surface area contributed by atoms with Crippen LogP contribution in [0.15, 0.2) is 291 Å². The Labute approximate surface area is 470 Å². The van der Waals surface area contributed by atoms with E-state index in [1.165, 1.54) is 127 Å². The molecule has 0 aliphatic carbocycles. The highest BCUT2D eigenvalue weighted by Gasteiger charge is 2.42. The molecule has 17 rings (SSSR count). The molecular weight excluding hydrogens is 978 g/mol. The molecule has 0 amide bonds. The highest BCUT2D eigenvalue weighted by atomic mass is 15.0. The van der Waals surface area contributed by atoms with Crippen LogP contribution in [0, 0.1) is 0 Å². The minimum absolute atomic E-state index is 0.103. The van der Waals surface area contributed by atoms with Gasteiger partial charge in [-0.15, -0.1) is 0 Å². The lowest BCUT2D eigenvalue weighted by atomic mass is 9.34. The zero-order valence-electron chi connectivity index (χ0n) is 44.1. The number of nitrogens with zero attached hydrogens (tertiary/aromatic N) is 3. The number of benzene rings is 12. The summed E-state index contributed by atoms with van der Waals surface area (Å²) in [4.78, 5) is 5.69. The first-order valence-electron chi connectivity index (χ1n) is 28.0. The lowest BCUT2D eigenvalue weighted by Gasteiger charge is -2.34. The van der Waals surface area contributed by atoms with Crippen molar-refractivity contribution in [2.45, 2.75) is 0 Å². The molecule has 2 aliphatic heterocycles. The van der Waals surface area contributed by atoms with Crippen molar-refractivity contribution < 1.29 is 0 Å². The summed E-state index contributed by atoms with van der Waals surface area (Å²) in [6.07, 6.45) is 0. The molecule has 0 fully saturated rings. The molecule has 0 radical (unpaired) electrons. The first-order chi connectivity index (χ1) is 40.1. The van der Waals surface area contributed by atoms with Crippen molar-refractivity contribution in [3.8, 4) is 101 Å². The van der Waals surface area contributed by atoms with Gasteiger partial charge in [-0.05, 0) is 162 Å². The lowest BCUT2D eigenvalue weighted by Crippen LogP contribution is -2.59. The average Bonchev–Trinajstić information content (AvgIpc) is 2.36. The number of hydrogen-bond acceptors (Lipinski definition) is 1. The summed E-state index contributed by atoms with van der Waals surface area (Å²) in [7, 11) is 0. The summed E-state index contributed by atoms with van der Waals surface area (Å²) in [6, 6.07) is 108. The van der Waals surface area contributed by atoms with Crippen LogP contribution in [0.2, 0.25) is 0 Å². The van der Waals surface area contributed by atoms with E-state index in [2.05, 4.69) is 300 Å². The normalized spacial score (nSPS) is 12.2. The van der Waals surface area contributed by atoms with Crippen molar-refractivity contribution in [3.63, 3.8) is 0 Å². The molecule has 0 N–H and O–H groups in total. The molecule has 0 bridgehead atoms. The zero-order chi connectivity index (χ0) is 53.1. The fourth-order valence-electron chi connectivity index (χ4n) is 13.6. The van der Waals surface area contributed by atoms with Crippen molar-refractivity contribution >= 4 is 66.7 Å². The fourth-order valence-corrected chi connectivity index (χ4v) is 13.6. The highest BCUT2D eigenvalue weighted by Crippen LogP contribution is 2.45. The maximum absolute atomic E-state index is 5.69. The third-order valence-electron chi connectivity index (χ3n) is 17.2. The number of hydrogen-bond donors (Lipinski definition) is 0. The number of rotatable bonds is 8. The molecule has 4 heteroatoms. The molecule has 0 unspecified atom stereocenters. The third-order valence-corrected chi connectivity index (χ3v) is 17.2. The van der Waals surface area contributed by atoms with E-state index in [1.807, 2.05) is 0 Å². The second-order valence-corrected chi connectivity index (χ2v) is 21.8. The Hall–Kier alpha value is -10.5. The summed E-state index contributed by atoms with van der Waals surface area (Å²) < 4.78 is 5.20. The molecule has 15 aromatic rings. The fraction of sp³-hybridized carbons (Fsp3) is 0. The Balaban J connectivity index is 0.983. The summed E-state index contributed by atoms with van der Waals surface area (Å²) in [6.45, 7) is -0.103. The molecule has 0 saturated heterocycles. The summed E-state index contributed by atoms with van der Waals surface area (Å²) >= 11 is 0. The Morgan fingerprint density at radius 2 is 0.556 bits per heavy atom. The zero-order valence-corrected chi connectivity index (χ0v) is 44.1. The smallest absolute Gasteiger partial charge is 0.252 e. The Bertz CT molecular complexity index is 4720. The predicted molar refractivity (Wildman–Crippen MR) is 341 cm³/mol. The van der Waals surface area contributed by atoms with Crippen molar-refractivity contribution in [2.75, 3.05) is 0 Å². The van der Waals surface area contributed by atoms with Gasteiger partial charge in [-0.25, -0.2) is 4.98 Å². The van der Waals surface area contributed by atoms with Gasteiger partial charge in [0.2, 0.25) is 0 Å². The van der Waals surface area contributed by atoms with E-state index in [4.69, 9.17) is 4.98 Å². The lowest BCUT2D eigenvalue weighted by molar-refractivity contribution is 1.14. The first-order valence-corrected chi connectivity index (χ1v) is 28.0. The molecule has 81 heavy (non-hydrogen) atoms.